The van der Waals surface area contributed by atoms with E-state index in [-0.39, 0.29) is 22.7 Å². The molecule has 90 valence electrons. The fourth-order valence-electron chi connectivity index (χ4n) is 1.33. The minimum Gasteiger partial charge on any atom is -0.490 e. The number of hydrogen-bond acceptors (Lipinski definition) is 5. The van der Waals surface area contributed by atoms with Crippen LogP contribution in [-0.2, 0) is 0 Å². The lowest BCUT2D eigenvalue weighted by atomic mass is 10.1. The zero-order valence-electron chi connectivity index (χ0n) is 9.60. The summed E-state index contributed by atoms with van der Waals surface area (Å²) in [7, 11) is 0. The largest absolute Gasteiger partial charge is 0.490 e. The van der Waals surface area contributed by atoms with Gasteiger partial charge in [-0.25, -0.2) is 0 Å². The van der Waals surface area contributed by atoms with Crippen molar-refractivity contribution in [2.75, 3.05) is 13.2 Å². The molecule has 0 heterocycles. The van der Waals surface area contributed by atoms with Crippen LogP contribution in [0.5, 0.6) is 11.5 Å². The van der Waals surface area contributed by atoms with Crippen molar-refractivity contribution in [2.45, 2.75) is 13.8 Å². The van der Waals surface area contributed by atoms with Gasteiger partial charge < -0.3 is 9.47 Å². The number of rotatable bonds is 5. The van der Waals surface area contributed by atoms with E-state index in [1.54, 1.807) is 13.8 Å². The second-order valence-electron chi connectivity index (χ2n) is 3.06. The van der Waals surface area contributed by atoms with Crippen LogP contribution in [0.4, 0.5) is 5.69 Å². The topological polar surface area (TPSA) is 85.4 Å². The maximum atomic E-state index is 10.7. The number of hydrogen-bond donors (Lipinski definition) is 0. The molecule has 0 aromatic heterocycles. The molecule has 1 aromatic rings. The number of nitriles is 1. The fraction of sp³-hybridized carbons (Fsp3) is 0.364. The summed E-state index contributed by atoms with van der Waals surface area (Å²) >= 11 is 0. The molecule has 0 saturated heterocycles. The highest BCUT2D eigenvalue weighted by Gasteiger charge is 2.18. The molecular formula is C11H12N2O4. The van der Waals surface area contributed by atoms with Crippen LogP contribution in [0, 0.1) is 21.4 Å². The minimum absolute atomic E-state index is 0.101. The van der Waals surface area contributed by atoms with E-state index in [0.717, 1.165) is 0 Å². The molecule has 6 nitrogen and oxygen atoms in total. The predicted octanol–water partition coefficient (Wildman–Crippen LogP) is 2.26. The molecule has 0 aliphatic heterocycles. The zero-order valence-corrected chi connectivity index (χ0v) is 9.60. The molecule has 0 spiro atoms. The Bertz CT molecular complexity index is 465. The predicted molar refractivity (Wildman–Crippen MR) is 60.1 cm³/mol. The lowest BCUT2D eigenvalue weighted by molar-refractivity contribution is -0.385. The van der Waals surface area contributed by atoms with Gasteiger partial charge in [0, 0.05) is 6.07 Å². The van der Waals surface area contributed by atoms with Gasteiger partial charge in [0.1, 0.15) is 11.6 Å². The summed E-state index contributed by atoms with van der Waals surface area (Å²) in [5, 5.41) is 19.6. The van der Waals surface area contributed by atoms with Crippen molar-refractivity contribution in [2.24, 2.45) is 0 Å². The molecule has 1 rings (SSSR count). The standard InChI is InChI=1S/C11H12N2O4/c1-3-16-10-6-9(13(14)15)5-8(7-12)11(10)17-4-2/h5-6H,3-4H2,1-2H3. The second kappa shape index (κ2) is 5.70. The highest BCUT2D eigenvalue weighted by atomic mass is 16.6. The summed E-state index contributed by atoms with van der Waals surface area (Å²) in [5.74, 6) is 0.475. The Hall–Kier alpha value is -2.29. The van der Waals surface area contributed by atoms with Crippen LogP contribution >= 0.6 is 0 Å². The van der Waals surface area contributed by atoms with Crippen molar-refractivity contribution in [3.63, 3.8) is 0 Å². The van der Waals surface area contributed by atoms with E-state index in [2.05, 4.69) is 0 Å². The Balaban J connectivity index is 3.35. The van der Waals surface area contributed by atoms with E-state index in [0.29, 0.717) is 13.2 Å². The number of nitro groups is 1. The van der Waals surface area contributed by atoms with Gasteiger partial charge in [-0.1, -0.05) is 0 Å². The molecule has 0 unspecified atom stereocenters. The summed E-state index contributed by atoms with van der Waals surface area (Å²) in [5.41, 5.74) is -0.0852. The van der Waals surface area contributed by atoms with Crippen LogP contribution < -0.4 is 9.47 Å². The highest BCUT2D eigenvalue weighted by molar-refractivity contribution is 5.58. The van der Waals surface area contributed by atoms with Gasteiger partial charge in [0.2, 0.25) is 0 Å². The summed E-state index contributed by atoms with van der Waals surface area (Å²) in [6, 6.07) is 4.30. The lowest BCUT2D eigenvalue weighted by Crippen LogP contribution is -2.02. The van der Waals surface area contributed by atoms with E-state index in [4.69, 9.17) is 14.7 Å². The molecule has 0 fully saturated rings. The minimum atomic E-state index is -0.570. The Morgan fingerprint density at radius 1 is 1.35 bits per heavy atom. The van der Waals surface area contributed by atoms with Crippen LogP contribution in [0.1, 0.15) is 19.4 Å². The van der Waals surface area contributed by atoms with Crippen molar-refractivity contribution < 1.29 is 14.4 Å². The molecule has 1 aromatic carbocycles. The van der Waals surface area contributed by atoms with Gasteiger partial charge in [0.05, 0.1) is 24.2 Å². The molecule has 0 amide bonds. The molecule has 0 bridgehead atoms. The molecule has 0 saturated carbocycles. The van der Waals surface area contributed by atoms with Crippen LogP contribution in [0.2, 0.25) is 0 Å². The Morgan fingerprint density at radius 3 is 2.47 bits per heavy atom. The highest BCUT2D eigenvalue weighted by Crippen LogP contribution is 2.35. The normalized spacial score (nSPS) is 9.47. The van der Waals surface area contributed by atoms with Gasteiger partial charge >= 0.3 is 0 Å². The van der Waals surface area contributed by atoms with Gasteiger partial charge in [-0.05, 0) is 13.8 Å². The summed E-state index contributed by atoms with van der Waals surface area (Å²) < 4.78 is 10.5. The number of nitrogens with zero attached hydrogens (tertiary/aromatic N) is 2. The van der Waals surface area contributed by atoms with Gasteiger partial charge in [-0.3, -0.25) is 10.1 Å². The van der Waals surface area contributed by atoms with Gasteiger partial charge in [-0.15, -0.1) is 0 Å². The SMILES string of the molecule is CCOc1cc([N+](=O)[O-])cc(C#N)c1OCC. The third-order valence-electron chi connectivity index (χ3n) is 1.96. The van der Waals surface area contributed by atoms with Crippen LogP contribution in [-0.4, -0.2) is 18.1 Å². The quantitative estimate of drug-likeness (QED) is 0.578. The van der Waals surface area contributed by atoms with Crippen molar-refractivity contribution in [1.29, 1.82) is 5.26 Å². The number of ether oxygens (including phenoxy) is 2. The molecule has 0 atom stereocenters. The Kier molecular flexibility index (Phi) is 4.29. The van der Waals surface area contributed by atoms with Crippen LogP contribution in [0.3, 0.4) is 0 Å². The summed E-state index contributed by atoms with van der Waals surface area (Å²) in [6.45, 7) is 4.21. The molecule has 0 aliphatic rings. The van der Waals surface area contributed by atoms with Crippen molar-refractivity contribution in [3.05, 3.63) is 27.8 Å². The number of nitro benzene ring substituents is 1. The molecule has 17 heavy (non-hydrogen) atoms. The number of non-ortho nitro benzene ring substituents is 1. The molecule has 0 radical (unpaired) electrons. The Labute approximate surface area is 98.5 Å². The first-order valence-electron chi connectivity index (χ1n) is 5.12. The number of benzene rings is 1. The first-order chi connectivity index (χ1) is 8.13. The van der Waals surface area contributed by atoms with E-state index in [1.807, 2.05) is 6.07 Å². The van der Waals surface area contributed by atoms with Crippen molar-refractivity contribution >= 4 is 5.69 Å². The molecular weight excluding hydrogens is 224 g/mol. The smallest absolute Gasteiger partial charge is 0.274 e. The van der Waals surface area contributed by atoms with Crippen LogP contribution in [0.15, 0.2) is 12.1 Å². The van der Waals surface area contributed by atoms with E-state index in [1.165, 1.54) is 12.1 Å². The summed E-state index contributed by atoms with van der Waals surface area (Å²) in [4.78, 5) is 10.1. The monoisotopic (exact) mass is 236 g/mol. The van der Waals surface area contributed by atoms with E-state index in [9.17, 15) is 10.1 Å². The molecule has 6 heteroatoms. The lowest BCUT2D eigenvalue weighted by Gasteiger charge is -2.11. The first kappa shape index (κ1) is 12.8. The maximum Gasteiger partial charge on any atom is 0.274 e. The zero-order chi connectivity index (χ0) is 12.8. The van der Waals surface area contributed by atoms with Crippen LogP contribution in [0.25, 0.3) is 0 Å². The van der Waals surface area contributed by atoms with Gasteiger partial charge in [-0.2, -0.15) is 5.26 Å². The molecule has 0 aliphatic carbocycles. The van der Waals surface area contributed by atoms with E-state index >= 15 is 0 Å². The average molecular weight is 236 g/mol. The van der Waals surface area contributed by atoms with E-state index < -0.39 is 4.92 Å². The second-order valence-corrected chi connectivity index (χ2v) is 3.06. The van der Waals surface area contributed by atoms with Gasteiger partial charge in [0.25, 0.3) is 5.69 Å². The Morgan fingerprint density at radius 2 is 2.00 bits per heavy atom. The average Bonchev–Trinajstić information content (AvgIpc) is 2.31. The maximum absolute atomic E-state index is 10.7. The van der Waals surface area contributed by atoms with Crippen molar-refractivity contribution in [1.82, 2.24) is 0 Å². The van der Waals surface area contributed by atoms with Crippen molar-refractivity contribution in [3.8, 4) is 17.6 Å². The molecule has 0 N–H and O–H groups in total. The first-order valence-corrected chi connectivity index (χ1v) is 5.12. The summed E-state index contributed by atoms with van der Waals surface area (Å²) in [6.07, 6.45) is 0. The van der Waals surface area contributed by atoms with Gasteiger partial charge in [0.15, 0.2) is 11.5 Å². The third-order valence-corrected chi connectivity index (χ3v) is 1.96. The fourth-order valence-corrected chi connectivity index (χ4v) is 1.33. The third kappa shape index (κ3) is 2.84.